The number of hydrogen-bond acceptors (Lipinski definition) is 2. The lowest BCUT2D eigenvalue weighted by Crippen LogP contribution is -2.36. The molecule has 0 saturated carbocycles. The number of carbonyl (C=O) groups is 2. The van der Waals surface area contributed by atoms with Crippen molar-refractivity contribution in [2.24, 2.45) is 5.92 Å². The maximum Gasteiger partial charge on any atom is 0.308 e. The number of nitrogens with zero attached hydrogens (tertiary/aromatic N) is 1. The Bertz CT molecular complexity index is 544. The van der Waals surface area contributed by atoms with Crippen molar-refractivity contribution >= 4 is 27.8 Å². The number of rotatable bonds is 2. The Balaban J connectivity index is 2.47. The SMILES string of the molecule is Cc1ccc(C2C(C(=O)O)CCCC(=O)N2C)cc1Br. The van der Waals surface area contributed by atoms with Crippen LogP contribution in [0.2, 0.25) is 0 Å². The number of benzene rings is 1. The molecule has 2 atom stereocenters. The first kappa shape index (κ1) is 15.0. The molecule has 4 nitrogen and oxygen atoms in total. The van der Waals surface area contributed by atoms with Gasteiger partial charge in [-0.3, -0.25) is 9.59 Å². The molecule has 5 heteroatoms. The molecule has 0 aromatic heterocycles. The van der Waals surface area contributed by atoms with Crippen LogP contribution in [0.5, 0.6) is 0 Å². The van der Waals surface area contributed by atoms with Gasteiger partial charge >= 0.3 is 5.97 Å². The van der Waals surface area contributed by atoms with E-state index < -0.39 is 17.9 Å². The van der Waals surface area contributed by atoms with E-state index in [2.05, 4.69) is 15.9 Å². The van der Waals surface area contributed by atoms with Gasteiger partial charge in [-0.05, 0) is 37.0 Å². The van der Waals surface area contributed by atoms with Gasteiger partial charge in [0.1, 0.15) is 0 Å². The van der Waals surface area contributed by atoms with Gasteiger partial charge in [0.15, 0.2) is 0 Å². The molecular weight excluding hydrogens is 322 g/mol. The lowest BCUT2D eigenvalue weighted by atomic mass is 9.89. The maximum atomic E-state index is 12.0. The Kier molecular flexibility index (Phi) is 4.48. The zero-order chi connectivity index (χ0) is 14.9. The van der Waals surface area contributed by atoms with E-state index in [1.807, 2.05) is 25.1 Å². The normalized spacial score (nSPS) is 23.6. The zero-order valence-electron chi connectivity index (χ0n) is 11.6. The summed E-state index contributed by atoms with van der Waals surface area (Å²) in [7, 11) is 1.70. The molecule has 1 heterocycles. The molecule has 108 valence electrons. The molecule has 2 rings (SSSR count). The van der Waals surface area contributed by atoms with E-state index >= 15 is 0 Å². The molecule has 1 N–H and O–H groups in total. The van der Waals surface area contributed by atoms with E-state index in [0.29, 0.717) is 19.3 Å². The minimum Gasteiger partial charge on any atom is -0.481 e. The Morgan fingerprint density at radius 2 is 2.15 bits per heavy atom. The van der Waals surface area contributed by atoms with Crippen LogP contribution in [0.25, 0.3) is 0 Å². The van der Waals surface area contributed by atoms with Gasteiger partial charge in [0.05, 0.1) is 12.0 Å². The highest BCUT2D eigenvalue weighted by molar-refractivity contribution is 9.10. The predicted molar refractivity (Wildman–Crippen MR) is 79.4 cm³/mol. The quantitative estimate of drug-likeness (QED) is 0.900. The molecule has 1 saturated heterocycles. The largest absolute Gasteiger partial charge is 0.481 e. The van der Waals surface area contributed by atoms with E-state index in [1.165, 1.54) is 0 Å². The van der Waals surface area contributed by atoms with Crippen LogP contribution in [0.15, 0.2) is 22.7 Å². The fraction of sp³-hybridized carbons (Fsp3) is 0.467. The van der Waals surface area contributed by atoms with E-state index in [0.717, 1.165) is 15.6 Å². The number of aliphatic carboxylic acids is 1. The van der Waals surface area contributed by atoms with Crippen molar-refractivity contribution in [3.05, 3.63) is 33.8 Å². The lowest BCUT2D eigenvalue weighted by Gasteiger charge is -2.31. The average molecular weight is 340 g/mol. The van der Waals surface area contributed by atoms with E-state index in [4.69, 9.17) is 0 Å². The second-order valence-corrected chi connectivity index (χ2v) is 6.15. The summed E-state index contributed by atoms with van der Waals surface area (Å²) < 4.78 is 0.934. The molecule has 0 spiro atoms. The molecule has 1 fully saturated rings. The van der Waals surface area contributed by atoms with Crippen LogP contribution in [0.1, 0.15) is 36.4 Å². The number of halogens is 1. The van der Waals surface area contributed by atoms with Crippen molar-refractivity contribution < 1.29 is 14.7 Å². The fourth-order valence-electron chi connectivity index (χ4n) is 2.74. The number of carboxylic acid groups (broad SMARTS) is 1. The molecule has 1 aliphatic rings. The summed E-state index contributed by atoms with van der Waals surface area (Å²) in [5, 5.41) is 9.47. The number of carbonyl (C=O) groups excluding carboxylic acids is 1. The molecule has 0 aliphatic carbocycles. The smallest absolute Gasteiger partial charge is 0.308 e. The summed E-state index contributed by atoms with van der Waals surface area (Å²) in [5.74, 6) is -1.38. The van der Waals surface area contributed by atoms with Gasteiger partial charge in [-0.15, -0.1) is 0 Å². The van der Waals surface area contributed by atoms with Gasteiger partial charge < -0.3 is 10.0 Å². The number of carboxylic acids is 1. The summed E-state index contributed by atoms with van der Waals surface area (Å²) in [6.45, 7) is 1.98. The summed E-state index contributed by atoms with van der Waals surface area (Å²) in [5.41, 5.74) is 1.95. The Hall–Kier alpha value is -1.36. The number of aryl methyl sites for hydroxylation is 1. The molecular formula is C15H18BrNO3. The molecule has 2 unspecified atom stereocenters. The number of amides is 1. The van der Waals surface area contributed by atoms with Crippen LogP contribution in [0, 0.1) is 12.8 Å². The number of hydrogen-bond donors (Lipinski definition) is 1. The Morgan fingerprint density at radius 3 is 2.75 bits per heavy atom. The van der Waals surface area contributed by atoms with Crippen molar-refractivity contribution in [3.63, 3.8) is 0 Å². The van der Waals surface area contributed by atoms with Crippen LogP contribution in [0.3, 0.4) is 0 Å². The first-order chi connectivity index (χ1) is 9.41. The molecule has 1 aromatic rings. The average Bonchev–Trinajstić information content (AvgIpc) is 2.54. The molecule has 1 aromatic carbocycles. The van der Waals surface area contributed by atoms with Crippen LogP contribution in [-0.4, -0.2) is 28.9 Å². The summed E-state index contributed by atoms with van der Waals surface area (Å²) in [6, 6.07) is 5.38. The third-order valence-corrected chi connectivity index (χ3v) is 4.81. The topological polar surface area (TPSA) is 57.6 Å². The van der Waals surface area contributed by atoms with Crippen molar-refractivity contribution in [2.45, 2.75) is 32.2 Å². The van der Waals surface area contributed by atoms with Crippen molar-refractivity contribution in [2.75, 3.05) is 7.05 Å². The van der Waals surface area contributed by atoms with Crippen LogP contribution in [0.4, 0.5) is 0 Å². The molecule has 0 bridgehead atoms. The first-order valence-corrected chi connectivity index (χ1v) is 7.45. The van der Waals surface area contributed by atoms with Gasteiger partial charge in [0.25, 0.3) is 0 Å². The van der Waals surface area contributed by atoms with E-state index in [9.17, 15) is 14.7 Å². The van der Waals surface area contributed by atoms with Crippen LogP contribution in [-0.2, 0) is 9.59 Å². The second-order valence-electron chi connectivity index (χ2n) is 5.30. The van der Waals surface area contributed by atoms with E-state index in [-0.39, 0.29) is 5.91 Å². The van der Waals surface area contributed by atoms with Gasteiger partial charge in [-0.25, -0.2) is 0 Å². The van der Waals surface area contributed by atoms with Crippen molar-refractivity contribution in [1.82, 2.24) is 4.90 Å². The predicted octanol–water partition coefficient (Wildman–Crippen LogP) is 3.14. The van der Waals surface area contributed by atoms with Crippen molar-refractivity contribution in [3.8, 4) is 0 Å². The minimum absolute atomic E-state index is 0.00967. The van der Waals surface area contributed by atoms with E-state index in [1.54, 1.807) is 11.9 Å². The lowest BCUT2D eigenvalue weighted by molar-refractivity contribution is -0.145. The molecule has 1 aliphatic heterocycles. The molecule has 1 amide bonds. The van der Waals surface area contributed by atoms with Gasteiger partial charge in [-0.2, -0.15) is 0 Å². The van der Waals surface area contributed by atoms with Gasteiger partial charge in [0.2, 0.25) is 5.91 Å². The highest BCUT2D eigenvalue weighted by Gasteiger charge is 2.36. The standard InChI is InChI=1S/C15H18BrNO3/c1-9-6-7-10(8-12(9)16)14-11(15(19)20)4-3-5-13(18)17(14)2/h6-8,11,14H,3-5H2,1-2H3,(H,19,20). The monoisotopic (exact) mass is 339 g/mol. The maximum absolute atomic E-state index is 12.0. The zero-order valence-corrected chi connectivity index (χ0v) is 13.2. The third kappa shape index (κ3) is 2.87. The fourth-order valence-corrected chi connectivity index (χ4v) is 3.14. The van der Waals surface area contributed by atoms with Crippen molar-refractivity contribution in [1.29, 1.82) is 0 Å². The van der Waals surface area contributed by atoms with Gasteiger partial charge in [0, 0.05) is 17.9 Å². The minimum atomic E-state index is -0.840. The number of likely N-dealkylation sites (tertiary alicyclic amines) is 1. The Labute approximate surface area is 126 Å². The first-order valence-electron chi connectivity index (χ1n) is 6.66. The third-order valence-electron chi connectivity index (χ3n) is 3.95. The summed E-state index contributed by atoms with van der Waals surface area (Å²) >= 11 is 3.47. The second kappa shape index (κ2) is 5.95. The Morgan fingerprint density at radius 1 is 1.45 bits per heavy atom. The summed E-state index contributed by atoms with van der Waals surface area (Å²) in [6.07, 6.45) is 1.58. The summed E-state index contributed by atoms with van der Waals surface area (Å²) in [4.78, 5) is 25.2. The molecule has 0 radical (unpaired) electrons. The van der Waals surface area contributed by atoms with Crippen LogP contribution < -0.4 is 0 Å². The molecule has 20 heavy (non-hydrogen) atoms. The van der Waals surface area contributed by atoms with Gasteiger partial charge in [-0.1, -0.05) is 28.1 Å². The highest BCUT2D eigenvalue weighted by Crippen LogP contribution is 2.36. The highest BCUT2D eigenvalue weighted by atomic mass is 79.9. The van der Waals surface area contributed by atoms with Crippen LogP contribution >= 0.6 is 15.9 Å².